The fourth-order valence-corrected chi connectivity index (χ4v) is 4.86. The molecule has 0 spiro atoms. The summed E-state index contributed by atoms with van der Waals surface area (Å²) >= 11 is 15.6. The molecule has 32 heavy (non-hydrogen) atoms. The van der Waals surface area contributed by atoms with Crippen LogP contribution in [0.15, 0.2) is 46.9 Å². The molecule has 0 heterocycles. The van der Waals surface area contributed by atoms with Crippen LogP contribution in [0.25, 0.3) is 0 Å². The van der Waals surface area contributed by atoms with Gasteiger partial charge in [-0.3, -0.25) is 13.9 Å². The lowest BCUT2D eigenvalue weighted by molar-refractivity contribution is -0.140. The second-order valence-electron chi connectivity index (χ2n) is 7.05. The summed E-state index contributed by atoms with van der Waals surface area (Å²) in [4.78, 5) is 27.3. The fourth-order valence-electron chi connectivity index (χ4n) is 3.16. The first kappa shape index (κ1) is 26.4. The molecule has 0 bridgehead atoms. The molecule has 2 aromatic carbocycles. The van der Waals surface area contributed by atoms with Crippen molar-refractivity contribution in [2.75, 3.05) is 24.2 Å². The van der Waals surface area contributed by atoms with Gasteiger partial charge >= 0.3 is 0 Å². The Morgan fingerprint density at radius 2 is 1.84 bits per heavy atom. The fraction of sp³-hybridized carbons (Fsp3) is 0.333. The molecule has 0 fully saturated rings. The van der Waals surface area contributed by atoms with E-state index in [4.69, 9.17) is 23.2 Å². The molecular formula is C21H24BrCl2N3O4S. The quantitative estimate of drug-likeness (QED) is 0.497. The number of carbonyl (C=O) groups is 2. The zero-order valence-corrected chi connectivity index (χ0v) is 21.7. The van der Waals surface area contributed by atoms with Crippen LogP contribution in [0.3, 0.4) is 0 Å². The van der Waals surface area contributed by atoms with E-state index in [0.29, 0.717) is 32.2 Å². The number of amides is 2. The van der Waals surface area contributed by atoms with Crippen LogP contribution in [-0.2, 0) is 26.2 Å². The van der Waals surface area contributed by atoms with Gasteiger partial charge in [-0.25, -0.2) is 8.42 Å². The Morgan fingerprint density at radius 1 is 1.16 bits per heavy atom. The van der Waals surface area contributed by atoms with Crippen molar-refractivity contribution in [2.24, 2.45) is 0 Å². The van der Waals surface area contributed by atoms with Gasteiger partial charge in [0.05, 0.1) is 11.9 Å². The van der Waals surface area contributed by atoms with Gasteiger partial charge in [0.15, 0.2) is 0 Å². The zero-order valence-electron chi connectivity index (χ0n) is 17.8. The van der Waals surface area contributed by atoms with Crippen LogP contribution in [-0.4, -0.2) is 51.0 Å². The average Bonchev–Trinajstić information content (AvgIpc) is 2.72. The summed E-state index contributed by atoms with van der Waals surface area (Å²) in [5.74, 6) is -0.906. The Kier molecular flexibility index (Phi) is 9.39. The molecule has 0 unspecified atom stereocenters. The standard InChI is InChI=1S/C21H24BrCl2N3O4S/c1-4-19(21(29)25-2)26(12-14-8-9-16(23)11-18(14)24)20(28)13-27(32(3,30)31)17-7-5-6-15(22)10-17/h5-11,19H,4,12-13H2,1-3H3,(H,25,29)/t19-/m0/s1. The summed E-state index contributed by atoms with van der Waals surface area (Å²) < 4.78 is 26.7. The van der Waals surface area contributed by atoms with E-state index >= 15 is 0 Å². The van der Waals surface area contributed by atoms with Crippen LogP contribution in [0, 0.1) is 0 Å². The zero-order chi connectivity index (χ0) is 24.1. The Hall–Kier alpha value is -1.81. The van der Waals surface area contributed by atoms with Gasteiger partial charge in [0.25, 0.3) is 0 Å². The molecule has 1 atom stereocenters. The first-order chi connectivity index (χ1) is 15.0. The van der Waals surface area contributed by atoms with E-state index in [1.54, 1.807) is 49.4 Å². The molecule has 7 nitrogen and oxygen atoms in total. The van der Waals surface area contributed by atoms with E-state index < -0.39 is 28.5 Å². The summed E-state index contributed by atoms with van der Waals surface area (Å²) in [6, 6.07) is 10.7. The molecule has 2 amide bonds. The third kappa shape index (κ3) is 6.84. The highest BCUT2D eigenvalue weighted by molar-refractivity contribution is 9.10. The maximum Gasteiger partial charge on any atom is 0.244 e. The van der Waals surface area contributed by atoms with Gasteiger partial charge in [-0.05, 0) is 42.3 Å². The third-order valence-electron chi connectivity index (χ3n) is 4.76. The lowest BCUT2D eigenvalue weighted by Crippen LogP contribution is -2.51. The minimum Gasteiger partial charge on any atom is -0.357 e. The van der Waals surface area contributed by atoms with Gasteiger partial charge in [0.1, 0.15) is 12.6 Å². The summed E-state index contributed by atoms with van der Waals surface area (Å²) in [7, 11) is -2.31. The van der Waals surface area contributed by atoms with Crippen molar-refractivity contribution >= 4 is 66.7 Å². The van der Waals surface area contributed by atoms with E-state index in [2.05, 4.69) is 21.2 Å². The minimum absolute atomic E-state index is 0.0108. The van der Waals surface area contributed by atoms with Crippen LogP contribution >= 0.6 is 39.1 Å². The molecule has 0 aliphatic carbocycles. The average molecular weight is 565 g/mol. The van der Waals surface area contributed by atoms with Crippen LogP contribution in [0.2, 0.25) is 10.0 Å². The number of hydrogen-bond acceptors (Lipinski definition) is 4. The molecule has 0 aliphatic heterocycles. The number of sulfonamides is 1. The molecule has 2 aromatic rings. The SMILES string of the molecule is CC[C@@H](C(=O)NC)N(Cc1ccc(Cl)cc1Cl)C(=O)CN(c1cccc(Br)c1)S(C)(=O)=O. The molecule has 0 aromatic heterocycles. The van der Waals surface area contributed by atoms with E-state index in [-0.39, 0.29) is 12.5 Å². The van der Waals surface area contributed by atoms with Gasteiger partial charge in [0, 0.05) is 28.1 Å². The highest BCUT2D eigenvalue weighted by Crippen LogP contribution is 2.25. The molecule has 2 rings (SSSR count). The number of hydrogen-bond donors (Lipinski definition) is 1. The molecule has 1 N–H and O–H groups in total. The Morgan fingerprint density at radius 3 is 2.38 bits per heavy atom. The number of halogens is 3. The molecule has 0 aliphatic rings. The van der Waals surface area contributed by atoms with E-state index in [0.717, 1.165) is 10.6 Å². The Balaban J connectivity index is 2.46. The van der Waals surface area contributed by atoms with Crippen LogP contribution < -0.4 is 9.62 Å². The van der Waals surface area contributed by atoms with Crippen LogP contribution in [0.1, 0.15) is 18.9 Å². The second kappa shape index (κ2) is 11.4. The number of nitrogens with one attached hydrogen (secondary N) is 1. The number of nitrogens with zero attached hydrogens (tertiary/aromatic N) is 2. The van der Waals surface area contributed by atoms with E-state index in [9.17, 15) is 18.0 Å². The van der Waals surface area contributed by atoms with Gasteiger partial charge < -0.3 is 10.2 Å². The van der Waals surface area contributed by atoms with Crippen molar-refractivity contribution in [3.05, 3.63) is 62.5 Å². The van der Waals surface area contributed by atoms with Gasteiger partial charge in [-0.15, -0.1) is 0 Å². The third-order valence-corrected chi connectivity index (χ3v) is 6.98. The van der Waals surface area contributed by atoms with Crippen LogP contribution in [0.4, 0.5) is 5.69 Å². The van der Waals surface area contributed by atoms with Crippen molar-refractivity contribution in [3.63, 3.8) is 0 Å². The van der Waals surface area contributed by atoms with Crippen molar-refractivity contribution in [1.82, 2.24) is 10.2 Å². The summed E-state index contributed by atoms with van der Waals surface area (Å²) in [5.41, 5.74) is 0.910. The Labute approximate surface area is 206 Å². The van der Waals surface area contributed by atoms with Crippen LogP contribution in [0.5, 0.6) is 0 Å². The highest BCUT2D eigenvalue weighted by Gasteiger charge is 2.31. The maximum atomic E-state index is 13.4. The minimum atomic E-state index is -3.79. The van der Waals surface area contributed by atoms with Crippen molar-refractivity contribution in [1.29, 1.82) is 0 Å². The highest BCUT2D eigenvalue weighted by atomic mass is 79.9. The largest absolute Gasteiger partial charge is 0.357 e. The second-order valence-corrected chi connectivity index (χ2v) is 10.7. The number of benzene rings is 2. The summed E-state index contributed by atoms with van der Waals surface area (Å²) in [6.45, 7) is 1.30. The van der Waals surface area contributed by atoms with E-state index in [1.165, 1.54) is 11.9 Å². The Bertz CT molecular complexity index is 1100. The van der Waals surface area contributed by atoms with Gasteiger partial charge in [-0.1, -0.05) is 58.2 Å². The van der Waals surface area contributed by atoms with Crippen molar-refractivity contribution < 1.29 is 18.0 Å². The molecule has 11 heteroatoms. The van der Waals surface area contributed by atoms with Crippen molar-refractivity contribution in [3.8, 4) is 0 Å². The topological polar surface area (TPSA) is 86.8 Å². The first-order valence-corrected chi connectivity index (χ1v) is 13.1. The van der Waals surface area contributed by atoms with Crippen molar-refractivity contribution in [2.45, 2.75) is 25.9 Å². The summed E-state index contributed by atoms with van der Waals surface area (Å²) in [5, 5.41) is 3.34. The number of rotatable bonds is 9. The summed E-state index contributed by atoms with van der Waals surface area (Å²) in [6.07, 6.45) is 1.35. The molecule has 174 valence electrons. The van der Waals surface area contributed by atoms with Gasteiger partial charge in [-0.2, -0.15) is 0 Å². The maximum absolute atomic E-state index is 13.4. The predicted molar refractivity (Wildman–Crippen MR) is 131 cm³/mol. The number of carbonyl (C=O) groups excluding carboxylic acids is 2. The molecule has 0 radical (unpaired) electrons. The predicted octanol–water partition coefficient (Wildman–Crippen LogP) is 4.08. The normalized spacial score (nSPS) is 12.2. The lowest BCUT2D eigenvalue weighted by Gasteiger charge is -2.32. The van der Waals surface area contributed by atoms with E-state index in [1.807, 2.05) is 0 Å². The molecule has 0 saturated heterocycles. The van der Waals surface area contributed by atoms with Gasteiger partial charge in [0.2, 0.25) is 21.8 Å². The molecule has 0 saturated carbocycles. The lowest BCUT2D eigenvalue weighted by atomic mass is 10.1. The molecular weight excluding hydrogens is 541 g/mol. The smallest absolute Gasteiger partial charge is 0.244 e. The monoisotopic (exact) mass is 563 g/mol. The first-order valence-electron chi connectivity index (χ1n) is 9.66. The number of likely N-dealkylation sites (N-methyl/N-ethyl adjacent to an activating group) is 1. The number of anilines is 1.